The van der Waals surface area contributed by atoms with Crippen molar-refractivity contribution >= 4 is 0 Å². The van der Waals surface area contributed by atoms with Gasteiger partial charge in [-0.05, 0) is 43.0 Å². The van der Waals surface area contributed by atoms with Gasteiger partial charge in [-0.3, -0.25) is 4.79 Å². The zero-order chi connectivity index (χ0) is 12.6. The number of rotatable bonds is 6. The Bertz CT molecular complexity index is 519. The Morgan fingerprint density at radius 2 is 1.89 bits per heavy atom. The van der Waals surface area contributed by atoms with Gasteiger partial charge in [0.05, 0.1) is 6.61 Å². The molecule has 18 heavy (non-hydrogen) atoms. The number of hydrogen-bond donors (Lipinski definition) is 1. The Hall–Kier alpha value is -2.03. The largest absolute Gasteiger partial charge is 0.494 e. The maximum atomic E-state index is 11.1. The first-order valence-corrected chi connectivity index (χ1v) is 6.20. The molecule has 0 amide bonds. The molecule has 0 atom stereocenters. The van der Waals surface area contributed by atoms with Crippen LogP contribution in [0.15, 0.2) is 53.5 Å². The molecule has 3 heteroatoms. The van der Waals surface area contributed by atoms with Crippen molar-refractivity contribution in [2.24, 2.45) is 0 Å². The monoisotopic (exact) mass is 243 g/mol. The molecule has 0 saturated heterocycles. The second-order valence-electron chi connectivity index (χ2n) is 4.18. The maximum absolute atomic E-state index is 11.1. The van der Waals surface area contributed by atoms with Crippen molar-refractivity contribution in [1.82, 2.24) is 4.98 Å². The summed E-state index contributed by atoms with van der Waals surface area (Å²) >= 11 is 0. The molecule has 1 aromatic carbocycles. The van der Waals surface area contributed by atoms with Crippen LogP contribution in [0.25, 0.3) is 0 Å². The first kappa shape index (κ1) is 12.4. The van der Waals surface area contributed by atoms with Crippen molar-refractivity contribution in [3.05, 3.63) is 64.6 Å². The van der Waals surface area contributed by atoms with E-state index in [1.807, 2.05) is 36.4 Å². The molecule has 3 nitrogen and oxygen atoms in total. The topological polar surface area (TPSA) is 42.1 Å². The normalized spacial score (nSPS) is 10.2. The van der Waals surface area contributed by atoms with E-state index in [-0.39, 0.29) is 5.56 Å². The molecule has 1 N–H and O–H groups in total. The fraction of sp³-hybridized carbons (Fsp3) is 0.267. The zero-order valence-electron chi connectivity index (χ0n) is 10.3. The van der Waals surface area contributed by atoms with Crippen LogP contribution in [0.2, 0.25) is 0 Å². The van der Waals surface area contributed by atoms with Gasteiger partial charge >= 0.3 is 0 Å². The SMILES string of the molecule is O=c1cc(CCCCOc2ccccc2)cc[nH]1. The number of aromatic amines is 1. The van der Waals surface area contributed by atoms with Crippen LogP contribution in [0.5, 0.6) is 5.75 Å². The summed E-state index contributed by atoms with van der Waals surface area (Å²) in [5.41, 5.74) is 1.05. The van der Waals surface area contributed by atoms with Gasteiger partial charge in [0.25, 0.3) is 0 Å². The third kappa shape index (κ3) is 4.09. The van der Waals surface area contributed by atoms with Crippen LogP contribution >= 0.6 is 0 Å². The first-order chi connectivity index (χ1) is 8.84. The number of para-hydroxylation sites is 1. The molecule has 0 spiro atoms. The molecule has 2 rings (SSSR count). The molecule has 2 aromatic rings. The average Bonchev–Trinajstić information content (AvgIpc) is 2.40. The van der Waals surface area contributed by atoms with Gasteiger partial charge in [-0.2, -0.15) is 0 Å². The molecule has 0 radical (unpaired) electrons. The van der Waals surface area contributed by atoms with E-state index in [0.29, 0.717) is 6.61 Å². The molecule has 0 fully saturated rings. The van der Waals surface area contributed by atoms with Gasteiger partial charge in [0.1, 0.15) is 5.75 Å². The van der Waals surface area contributed by atoms with Gasteiger partial charge in [0, 0.05) is 12.3 Å². The summed E-state index contributed by atoms with van der Waals surface area (Å²) < 4.78 is 5.60. The lowest BCUT2D eigenvalue weighted by Gasteiger charge is -2.05. The zero-order valence-corrected chi connectivity index (χ0v) is 10.3. The van der Waals surface area contributed by atoms with Crippen LogP contribution < -0.4 is 10.3 Å². The molecule has 1 heterocycles. The maximum Gasteiger partial charge on any atom is 0.248 e. The molecule has 0 bridgehead atoms. The lowest BCUT2D eigenvalue weighted by Crippen LogP contribution is -2.04. The predicted octanol–water partition coefficient (Wildman–Crippen LogP) is 2.78. The Balaban J connectivity index is 1.66. The van der Waals surface area contributed by atoms with E-state index >= 15 is 0 Å². The number of aryl methyl sites for hydroxylation is 1. The van der Waals surface area contributed by atoms with Crippen LogP contribution in [0.1, 0.15) is 18.4 Å². The molecule has 94 valence electrons. The second kappa shape index (κ2) is 6.64. The molecular formula is C15H17NO2. The molecule has 0 unspecified atom stereocenters. The summed E-state index contributed by atoms with van der Waals surface area (Å²) in [5, 5.41) is 0. The van der Waals surface area contributed by atoms with Crippen molar-refractivity contribution in [2.75, 3.05) is 6.61 Å². The van der Waals surface area contributed by atoms with Crippen molar-refractivity contribution < 1.29 is 4.74 Å². The molecule has 0 aliphatic rings. The van der Waals surface area contributed by atoms with E-state index in [9.17, 15) is 4.79 Å². The molecule has 0 aliphatic heterocycles. The van der Waals surface area contributed by atoms with Gasteiger partial charge < -0.3 is 9.72 Å². The number of benzene rings is 1. The minimum Gasteiger partial charge on any atom is -0.494 e. The van der Waals surface area contributed by atoms with E-state index in [0.717, 1.165) is 30.6 Å². The van der Waals surface area contributed by atoms with Crippen molar-refractivity contribution in [1.29, 1.82) is 0 Å². The van der Waals surface area contributed by atoms with Crippen molar-refractivity contribution in [2.45, 2.75) is 19.3 Å². The standard InChI is InChI=1S/C15H17NO2/c17-15-12-13(9-10-16-15)6-4-5-11-18-14-7-2-1-3-8-14/h1-3,7-10,12H,4-6,11H2,(H,16,17). The predicted molar refractivity (Wildman–Crippen MR) is 71.9 cm³/mol. The summed E-state index contributed by atoms with van der Waals surface area (Å²) in [4.78, 5) is 13.7. The van der Waals surface area contributed by atoms with Crippen LogP contribution in [0.4, 0.5) is 0 Å². The van der Waals surface area contributed by atoms with E-state index in [2.05, 4.69) is 4.98 Å². The number of H-pyrrole nitrogens is 1. The number of aromatic nitrogens is 1. The van der Waals surface area contributed by atoms with Gasteiger partial charge in [-0.1, -0.05) is 18.2 Å². The average molecular weight is 243 g/mol. The second-order valence-corrected chi connectivity index (χ2v) is 4.18. The highest BCUT2D eigenvalue weighted by Crippen LogP contribution is 2.09. The number of pyridine rings is 1. The lowest BCUT2D eigenvalue weighted by atomic mass is 10.1. The van der Waals surface area contributed by atoms with E-state index in [1.165, 1.54) is 0 Å². The fourth-order valence-corrected chi connectivity index (χ4v) is 1.78. The molecule has 0 saturated carbocycles. The Labute approximate surface area is 106 Å². The Morgan fingerprint density at radius 1 is 1.06 bits per heavy atom. The molecule has 1 aromatic heterocycles. The summed E-state index contributed by atoms with van der Waals surface area (Å²) in [6.07, 6.45) is 4.62. The minimum atomic E-state index is -0.0342. The fourth-order valence-electron chi connectivity index (χ4n) is 1.78. The lowest BCUT2D eigenvalue weighted by molar-refractivity contribution is 0.307. The Kier molecular flexibility index (Phi) is 4.59. The summed E-state index contributed by atoms with van der Waals surface area (Å²) in [6.45, 7) is 0.715. The van der Waals surface area contributed by atoms with Crippen molar-refractivity contribution in [3.63, 3.8) is 0 Å². The quantitative estimate of drug-likeness (QED) is 0.793. The summed E-state index contributed by atoms with van der Waals surface area (Å²) in [6, 6.07) is 13.4. The van der Waals surface area contributed by atoms with Gasteiger partial charge in [-0.15, -0.1) is 0 Å². The van der Waals surface area contributed by atoms with Crippen molar-refractivity contribution in [3.8, 4) is 5.75 Å². The number of unbranched alkanes of at least 4 members (excludes halogenated alkanes) is 1. The van der Waals surface area contributed by atoms with Crippen LogP contribution in [0, 0.1) is 0 Å². The summed E-state index contributed by atoms with van der Waals surface area (Å²) in [7, 11) is 0. The van der Waals surface area contributed by atoms with Crippen LogP contribution in [0.3, 0.4) is 0 Å². The number of hydrogen-bond acceptors (Lipinski definition) is 2. The highest BCUT2D eigenvalue weighted by atomic mass is 16.5. The third-order valence-corrected chi connectivity index (χ3v) is 2.71. The first-order valence-electron chi connectivity index (χ1n) is 6.20. The number of ether oxygens (including phenoxy) is 1. The highest BCUT2D eigenvalue weighted by molar-refractivity contribution is 5.20. The van der Waals surface area contributed by atoms with Gasteiger partial charge in [-0.25, -0.2) is 0 Å². The Morgan fingerprint density at radius 3 is 2.67 bits per heavy atom. The number of nitrogens with one attached hydrogen (secondary N) is 1. The third-order valence-electron chi connectivity index (χ3n) is 2.71. The molecular weight excluding hydrogens is 226 g/mol. The van der Waals surface area contributed by atoms with Crippen LogP contribution in [-0.2, 0) is 6.42 Å². The highest BCUT2D eigenvalue weighted by Gasteiger charge is 1.95. The van der Waals surface area contributed by atoms with Gasteiger partial charge in [0.2, 0.25) is 5.56 Å². The van der Waals surface area contributed by atoms with E-state index in [1.54, 1.807) is 12.3 Å². The molecule has 0 aliphatic carbocycles. The minimum absolute atomic E-state index is 0.0342. The van der Waals surface area contributed by atoms with Crippen LogP contribution in [-0.4, -0.2) is 11.6 Å². The smallest absolute Gasteiger partial charge is 0.248 e. The summed E-state index contributed by atoms with van der Waals surface area (Å²) in [5.74, 6) is 0.911. The van der Waals surface area contributed by atoms with E-state index in [4.69, 9.17) is 4.74 Å². The van der Waals surface area contributed by atoms with E-state index < -0.39 is 0 Å². The van der Waals surface area contributed by atoms with Gasteiger partial charge in [0.15, 0.2) is 0 Å².